The second kappa shape index (κ2) is 8.95. The molecule has 2 saturated heterocycles. The highest BCUT2D eigenvalue weighted by Crippen LogP contribution is 2.47. The Balaban J connectivity index is 1.42. The van der Waals surface area contributed by atoms with Crippen molar-refractivity contribution in [1.82, 2.24) is 4.90 Å². The van der Waals surface area contributed by atoms with E-state index in [0.29, 0.717) is 0 Å². The molecular formula is C33H36N2O2. The lowest BCUT2D eigenvalue weighted by atomic mass is 9.96. The molecule has 37 heavy (non-hydrogen) atoms. The maximum atomic E-state index is 6.43. The molecule has 2 aliphatic rings. The third-order valence-electron chi connectivity index (χ3n) is 9.03. The number of piperidine rings is 2. The molecule has 4 aromatic carbocycles. The first-order valence-electron chi connectivity index (χ1n) is 14.0. The van der Waals surface area contributed by atoms with Gasteiger partial charge in [0.2, 0.25) is 0 Å². The summed E-state index contributed by atoms with van der Waals surface area (Å²) in [5.41, 5.74) is 3.49. The van der Waals surface area contributed by atoms with Gasteiger partial charge in [0.15, 0.2) is 0 Å². The van der Waals surface area contributed by atoms with Crippen LogP contribution in [0.1, 0.15) is 43.4 Å². The lowest BCUT2D eigenvalue weighted by Crippen LogP contribution is -2.46. The predicted octanol–water partition coefficient (Wildman–Crippen LogP) is 7.97. The average Bonchev–Trinajstić information content (AvgIpc) is 3.25. The summed E-state index contributed by atoms with van der Waals surface area (Å²) in [5, 5.41) is 8.86. The second-order valence-corrected chi connectivity index (χ2v) is 11.1. The number of benzene rings is 3. The van der Waals surface area contributed by atoms with Gasteiger partial charge in [0.25, 0.3) is 0 Å². The highest BCUT2D eigenvalue weighted by atomic mass is 16.5. The van der Waals surface area contributed by atoms with E-state index in [1.807, 2.05) is 6.92 Å². The summed E-state index contributed by atoms with van der Waals surface area (Å²) in [6.45, 7) is 8.99. The topological polar surface area (TPSA) is 28.9 Å². The average molecular weight is 493 g/mol. The maximum absolute atomic E-state index is 6.43. The molecule has 0 atom stereocenters. The van der Waals surface area contributed by atoms with Gasteiger partial charge in [-0.3, -0.25) is 0 Å². The van der Waals surface area contributed by atoms with Gasteiger partial charge in [0, 0.05) is 29.9 Å². The zero-order chi connectivity index (χ0) is 25.1. The largest absolute Gasteiger partial charge is 0.495 e. The zero-order valence-corrected chi connectivity index (χ0v) is 22.3. The van der Waals surface area contributed by atoms with Crippen molar-refractivity contribution in [3.8, 4) is 5.75 Å². The molecule has 7 rings (SSSR count). The number of hydrogen-bond donors (Lipinski definition) is 0. The number of fused-ring (bicyclic) bond motifs is 8. The Morgan fingerprint density at radius 3 is 2.27 bits per heavy atom. The molecule has 190 valence electrons. The van der Waals surface area contributed by atoms with Crippen molar-refractivity contribution in [1.29, 1.82) is 0 Å². The fourth-order valence-corrected chi connectivity index (χ4v) is 7.15. The molecule has 3 heterocycles. The number of likely N-dealkylation sites (tertiary alicyclic amines) is 1. The minimum absolute atomic E-state index is 0.724. The molecule has 0 bridgehead atoms. The summed E-state index contributed by atoms with van der Waals surface area (Å²) >= 11 is 0. The third kappa shape index (κ3) is 3.60. The number of anilines is 1. The standard InChI is InChI=1S/C33H36N2O2/c1-21-11-12-26-31-22(2)24-9-5-6-10-25(24)32(31)27-19-29(30(36-3)20-28(27)33(26)37-21)35-17-13-23(14-18-35)34-15-7-4-8-16-34/h5-6,9-12,19-20,23H,4,7-8,13-18H2,1-3H3. The van der Waals surface area contributed by atoms with Gasteiger partial charge in [-0.25, -0.2) is 0 Å². The molecule has 0 amide bonds. The quantitative estimate of drug-likeness (QED) is 0.239. The van der Waals surface area contributed by atoms with Gasteiger partial charge in [-0.2, -0.15) is 0 Å². The van der Waals surface area contributed by atoms with Crippen molar-refractivity contribution in [2.75, 3.05) is 38.2 Å². The van der Waals surface area contributed by atoms with Crippen LogP contribution in [-0.2, 0) is 0 Å². The van der Waals surface area contributed by atoms with Crippen LogP contribution in [-0.4, -0.2) is 44.2 Å². The fourth-order valence-electron chi connectivity index (χ4n) is 7.15. The van der Waals surface area contributed by atoms with Gasteiger partial charge in [-0.05, 0) is 109 Å². The van der Waals surface area contributed by atoms with Gasteiger partial charge < -0.3 is 19.0 Å². The van der Waals surface area contributed by atoms with Gasteiger partial charge in [-0.15, -0.1) is 0 Å². The van der Waals surface area contributed by atoms with E-state index in [1.54, 1.807) is 7.11 Å². The van der Waals surface area contributed by atoms with Crippen molar-refractivity contribution in [3.63, 3.8) is 0 Å². The normalized spacial score (nSPS) is 18.0. The lowest BCUT2D eigenvalue weighted by Gasteiger charge is -2.41. The summed E-state index contributed by atoms with van der Waals surface area (Å²) in [6.07, 6.45) is 6.57. The van der Waals surface area contributed by atoms with E-state index in [0.717, 1.165) is 41.6 Å². The summed E-state index contributed by atoms with van der Waals surface area (Å²) in [7, 11) is 1.80. The van der Waals surface area contributed by atoms with E-state index in [9.17, 15) is 0 Å². The van der Waals surface area contributed by atoms with Crippen LogP contribution in [0.2, 0.25) is 0 Å². The molecular weight excluding hydrogens is 456 g/mol. The SMILES string of the molecule is COc1cc2c(cc1N1CCC(N3CCCCC3)CC1)c1c3ccccc3c(C)c1c1ccc(C)oc21. The Kier molecular flexibility index (Phi) is 5.54. The van der Waals surface area contributed by atoms with Crippen LogP contribution in [0.4, 0.5) is 5.69 Å². The Bertz CT molecular complexity index is 1640. The number of nitrogens with zero attached hydrogens (tertiary/aromatic N) is 2. The van der Waals surface area contributed by atoms with E-state index in [-0.39, 0.29) is 0 Å². The second-order valence-electron chi connectivity index (χ2n) is 11.1. The third-order valence-corrected chi connectivity index (χ3v) is 9.03. The number of methoxy groups -OCH3 is 1. The molecule has 5 aromatic rings. The van der Waals surface area contributed by atoms with E-state index >= 15 is 0 Å². The Labute approximate surface area is 218 Å². The summed E-state index contributed by atoms with van der Waals surface area (Å²) < 4.78 is 12.5. The highest BCUT2D eigenvalue weighted by Gasteiger charge is 2.28. The molecule has 2 fully saturated rings. The molecule has 0 spiro atoms. The van der Waals surface area contributed by atoms with E-state index in [4.69, 9.17) is 9.15 Å². The van der Waals surface area contributed by atoms with Crippen molar-refractivity contribution in [3.05, 3.63) is 59.9 Å². The van der Waals surface area contributed by atoms with Crippen LogP contribution in [0.25, 0.3) is 43.3 Å². The first kappa shape index (κ1) is 22.9. The van der Waals surface area contributed by atoms with Crippen LogP contribution < -0.4 is 9.64 Å². The van der Waals surface area contributed by atoms with Crippen LogP contribution in [0, 0.1) is 13.8 Å². The number of aryl methyl sites for hydroxylation is 2. The number of hydrogen-bond acceptors (Lipinski definition) is 4. The molecule has 0 unspecified atom stereocenters. The van der Waals surface area contributed by atoms with Crippen molar-refractivity contribution >= 4 is 49.0 Å². The monoisotopic (exact) mass is 492 g/mol. The van der Waals surface area contributed by atoms with Crippen molar-refractivity contribution in [2.45, 2.75) is 52.0 Å². The van der Waals surface area contributed by atoms with Crippen molar-refractivity contribution in [2.24, 2.45) is 0 Å². The fraction of sp³-hybridized carbons (Fsp3) is 0.394. The summed E-state index contributed by atoms with van der Waals surface area (Å²) in [5.74, 6) is 1.86. The van der Waals surface area contributed by atoms with E-state index in [2.05, 4.69) is 65.3 Å². The summed E-state index contributed by atoms with van der Waals surface area (Å²) in [6, 6.07) is 18.5. The molecule has 0 aliphatic carbocycles. The Hall–Kier alpha value is -3.24. The van der Waals surface area contributed by atoms with Crippen LogP contribution in [0.5, 0.6) is 5.75 Å². The smallest absolute Gasteiger partial charge is 0.142 e. The first-order valence-corrected chi connectivity index (χ1v) is 14.0. The van der Waals surface area contributed by atoms with Crippen molar-refractivity contribution < 1.29 is 9.15 Å². The molecule has 0 saturated carbocycles. The van der Waals surface area contributed by atoms with Crippen LogP contribution in [0.15, 0.2) is 52.9 Å². The van der Waals surface area contributed by atoms with Gasteiger partial charge in [-0.1, -0.05) is 30.7 Å². The van der Waals surface area contributed by atoms with Gasteiger partial charge in [0.05, 0.1) is 12.8 Å². The molecule has 4 nitrogen and oxygen atoms in total. The van der Waals surface area contributed by atoms with Crippen LogP contribution >= 0.6 is 0 Å². The number of ether oxygens (including phenoxy) is 1. The Morgan fingerprint density at radius 2 is 1.51 bits per heavy atom. The maximum Gasteiger partial charge on any atom is 0.142 e. The molecule has 1 aromatic heterocycles. The van der Waals surface area contributed by atoms with Gasteiger partial charge >= 0.3 is 0 Å². The Morgan fingerprint density at radius 1 is 0.757 bits per heavy atom. The molecule has 0 radical (unpaired) electrons. The predicted molar refractivity (Wildman–Crippen MR) is 155 cm³/mol. The molecule has 0 N–H and O–H groups in total. The zero-order valence-electron chi connectivity index (χ0n) is 22.3. The van der Waals surface area contributed by atoms with Crippen LogP contribution in [0.3, 0.4) is 0 Å². The lowest BCUT2D eigenvalue weighted by molar-refractivity contribution is 0.141. The molecule has 2 aliphatic heterocycles. The van der Waals surface area contributed by atoms with E-state index < -0.39 is 0 Å². The minimum Gasteiger partial charge on any atom is -0.495 e. The number of rotatable bonds is 3. The minimum atomic E-state index is 0.724. The summed E-state index contributed by atoms with van der Waals surface area (Å²) in [4.78, 5) is 5.30. The first-order chi connectivity index (χ1) is 18.1. The highest BCUT2D eigenvalue weighted by molar-refractivity contribution is 6.34. The molecule has 4 heteroatoms. The van der Waals surface area contributed by atoms with Gasteiger partial charge in [0.1, 0.15) is 17.1 Å². The van der Waals surface area contributed by atoms with E-state index in [1.165, 1.54) is 88.8 Å².